The molecular formula is C29H26N2O2+2. The number of allylic oxidation sites excluding steroid dienone is 5. The molecule has 7 rings (SSSR count). The summed E-state index contributed by atoms with van der Waals surface area (Å²) in [5.74, 6) is 1.64. The van der Waals surface area contributed by atoms with E-state index in [1.807, 2.05) is 6.07 Å². The van der Waals surface area contributed by atoms with Crippen LogP contribution in [-0.2, 0) is 4.74 Å². The molecule has 3 heterocycles. The Morgan fingerprint density at radius 1 is 1.00 bits per heavy atom. The monoisotopic (exact) mass is 434 g/mol. The Hall–Kier alpha value is -3.50. The van der Waals surface area contributed by atoms with Crippen molar-refractivity contribution in [3.8, 4) is 5.75 Å². The van der Waals surface area contributed by atoms with Gasteiger partial charge in [-0.1, -0.05) is 63.8 Å². The molecule has 4 heteroatoms. The largest absolute Gasteiger partial charge is 0.668 e. The summed E-state index contributed by atoms with van der Waals surface area (Å²) in [4.78, 5) is 0. The van der Waals surface area contributed by atoms with Crippen molar-refractivity contribution in [2.24, 2.45) is 11.8 Å². The number of fused-ring (bicyclic) bond motifs is 3. The van der Waals surface area contributed by atoms with Crippen LogP contribution in [0.4, 0.5) is 5.69 Å². The smallest absolute Gasteiger partial charge is 0.350 e. The molecule has 0 saturated carbocycles. The van der Waals surface area contributed by atoms with E-state index in [-0.39, 0.29) is 6.10 Å². The molecule has 0 N–H and O–H groups in total. The molecule has 3 unspecified atom stereocenters. The maximum Gasteiger partial charge on any atom is 0.668 e. The third-order valence-electron chi connectivity index (χ3n) is 7.30. The molecule has 4 bridgehead atoms. The van der Waals surface area contributed by atoms with Crippen LogP contribution in [0.1, 0.15) is 24.0 Å². The molecule has 162 valence electrons. The molecule has 2 aliphatic carbocycles. The third-order valence-corrected chi connectivity index (χ3v) is 7.30. The summed E-state index contributed by atoms with van der Waals surface area (Å²) in [7, 11) is 0. The minimum Gasteiger partial charge on any atom is -0.350 e. The molecule has 1 spiro atoms. The van der Waals surface area contributed by atoms with Gasteiger partial charge in [0.05, 0.1) is 5.56 Å². The van der Waals surface area contributed by atoms with Gasteiger partial charge in [-0.2, -0.15) is 0 Å². The maximum absolute atomic E-state index is 7.13. The minimum atomic E-state index is -1.16. The van der Waals surface area contributed by atoms with Crippen LogP contribution < -0.4 is 4.74 Å². The third kappa shape index (κ3) is 2.80. The fourth-order valence-electron chi connectivity index (χ4n) is 5.71. The van der Waals surface area contributed by atoms with Crippen molar-refractivity contribution in [3.63, 3.8) is 0 Å². The highest BCUT2D eigenvalue weighted by molar-refractivity contribution is 5.83. The molecule has 5 aliphatic rings. The van der Waals surface area contributed by atoms with Gasteiger partial charge in [-0.25, -0.2) is 4.74 Å². The summed E-state index contributed by atoms with van der Waals surface area (Å²) in [5, 5.41) is 0. The van der Waals surface area contributed by atoms with Gasteiger partial charge in [-0.3, -0.25) is 0 Å². The van der Waals surface area contributed by atoms with Gasteiger partial charge in [0.1, 0.15) is 6.10 Å². The predicted octanol–water partition coefficient (Wildman–Crippen LogP) is 5.22. The summed E-state index contributed by atoms with van der Waals surface area (Å²) in [5.41, 5.74) is 5.49. The van der Waals surface area contributed by atoms with E-state index in [2.05, 4.69) is 107 Å². The SMILES string of the molecule is Cc1cccc2c1O[C@]13OC4C(=CC=CC4CC4C=C(C=CC4)[N+]1=C2)C=[N+]3c1ccccc1. The Balaban J connectivity index is 1.56. The predicted molar refractivity (Wildman–Crippen MR) is 128 cm³/mol. The summed E-state index contributed by atoms with van der Waals surface area (Å²) in [6.45, 7) is 2.10. The fraction of sp³-hybridized carbons (Fsp3) is 0.241. The Labute approximate surface area is 193 Å². The lowest BCUT2D eigenvalue weighted by Crippen LogP contribution is -2.63. The molecule has 4 atom stereocenters. The average Bonchev–Trinajstić information content (AvgIpc) is 2.88. The first-order valence-corrected chi connectivity index (χ1v) is 11.8. The summed E-state index contributed by atoms with van der Waals surface area (Å²) in [6.07, 6.45) is 20.1. The molecule has 33 heavy (non-hydrogen) atoms. The lowest BCUT2D eigenvalue weighted by Gasteiger charge is -2.37. The number of ether oxygens (including phenoxy) is 2. The zero-order valence-corrected chi connectivity index (χ0v) is 18.6. The Morgan fingerprint density at radius 3 is 2.82 bits per heavy atom. The molecule has 0 radical (unpaired) electrons. The zero-order valence-electron chi connectivity index (χ0n) is 18.6. The van der Waals surface area contributed by atoms with Gasteiger partial charge in [-0.15, -0.1) is 0 Å². The number of aryl methyl sites for hydroxylation is 1. The molecule has 4 nitrogen and oxygen atoms in total. The van der Waals surface area contributed by atoms with Crippen LogP contribution in [0, 0.1) is 18.8 Å². The van der Waals surface area contributed by atoms with Crippen molar-refractivity contribution in [2.45, 2.75) is 31.9 Å². The highest BCUT2D eigenvalue weighted by atomic mass is 16.7. The molecule has 0 aromatic heterocycles. The quantitative estimate of drug-likeness (QED) is 0.575. The van der Waals surface area contributed by atoms with E-state index in [1.165, 1.54) is 5.57 Å². The van der Waals surface area contributed by atoms with E-state index >= 15 is 0 Å². The number of hydrogen-bond donors (Lipinski definition) is 0. The Bertz CT molecular complexity index is 1340. The van der Waals surface area contributed by atoms with Crippen LogP contribution in [0.15, 0.2) is 96.3 Å². The van der Waals surface area contributed by atoms with Crippen molar-refractivity contribution >= 4 is 18.1 Å². The van der Waals surface area contributed by atoms with E-state index in [4.69, 9.17) is 9.47 Å². The first-order chi connectivity index (χ1) is 16.2. The van der Waals surface area contributed by atoms with Gasteiger partial charge < -0.3 is 4.74 Å². The van der Waals surface area contributed by atoms with Crippen molar-refractivity contribution < 1.29 is 18.6 Å². The highest BCUT2D eigenvalue weighted by Gasteiger charge is 2.67. The first-order valence-electron chi connectivity index (χ1n) is 11.8. The Kier molecular flexibility index (Phi) is 4.03. The van der Waals surface area contributed by atoms with E-state index < -0.39 is 6.03 Å². The fourth-order valence-corrected chi connectivity index (χ4v) is 5.71. The lowest BCUT2D eigenvalue weighted by atomic mass is 9.82. The molecule has 0 saturated heterocycles. The molecule has 0 fully saturated rings. The molecule has 0 amide bonds. The Morgan fingerprint density at radius 2 is 1.91 bits per heavy atom. The number of hydrogen-bond acceptors (Lipinski definition) is 2. The van der Waals surface area contributed by atoms with E-state index in [0.29, 0.717) is 11.8 Å². The van der Waals surface area contributed by atoms with Crippen molar-refractivity contribution in [1.82, 2.24) is 0 Å². The summed E-state index contributed by atoms with van der Waals surface area (Å²) in [6, 6.07) is 15.5. The van der Waals surface area contributed by atoms with Crippen LogP contribution in [0.5, 0.6) is 5.75 Å². The second-order valence-corrected chi connectivity index (χ2v) is 9.46. The first kappa shape index (κ1) is 19.0. The van der Waals surface area contributed by atoms with E-state index in [1.54, 1.807) is 0 Å². The maximum atomic E-state index is 7.13. The zero-order chi connectivity index (χ0) is 22.0. The number of rotatable bonds is 1. The van der Waals surface area contributed by atoms with Gasteiger partial charge >= 0.3 is 6.03 Å². The normalized spacial score (nSPS) is 30.8. The summed E-state index contributed by atoms with van der Waals surface area (Å²) >= 11 is 0. The van der Waals surface area contributed by atoms with Gasteiger partial charge in [-0.05, 0) is 43.4 Å². The van der Waals surface area contributed by atoms with Gasteiger partial charge in [0.15, 0.2) is 18.2 Å². The van der Waals surface area contributed by atoms with Crippen LogP contribution >= 0.6 is 0 Å². The molecule has 2 aromatic carbocycles. The molecular weight excluding hydrogens is 408 g/mol. The van der Waals surface area contributed by atoms with Crippen LogP contribution in [0.2, 0.25) is 0 Å². The topological polar surface area (TPSA) is 24.5 Å². The standard InChI is InChI=1S/C29H26N2O2/c1-20-8-5-11-23-18-31-26-15-6-9-21(17-26)16-22-10-7-12-24-19-30(25-13-3-2-4-14-25)29(31,32-27(20)23)33-28(22)24/h2-8,10-15,17-19,21-22,28H,9,16H2,1H3/q+2/t21?,22?,28?,29-/m1/s1. The average molecular weight is 435 g/mol. The highest BCUT2D eigenvalue weighted by Crippen LogP contribution is 2.44. The van der Waals surface area contributed by atoms with Crippen LogP contribution in [-0.4, -0.2) is 33.7 Å². The van der Waals surface area contributed by atoms with E-state index in [0.717, 1.165) is 41.1 Å². The number of para-hydroxylation sites is 2. The van der Waals surface area contributed by atoms with Crippen LogP contribution in [0.3, 0.4) is 0 Å². The summed E-state index contributed by atoms with van der Waals surface area (Å²) < 4.78 is 18.5. The van der Waals surface area contributed by atoms with Crippen molar-refractivity contribution in [3.05, 3.63) is 107 Å². The number of nitrogens with zero attached hydrogens (tertiary/aromatic N) is 2. The second-order valence-electron chi connectivity index (χ2n) is 9.46. The molecule has 2 aromatic rings. The van der Waals surface area contributed by atoms with Crippen LogP contribution in [0.25, 0.3) is 0 Å². The van der Waals surface area contributed by atoms with Gasteiger partial charge in [0.2, 0.25) is 11.4 Å². The number of benzene rings is 2. The van der Waals surface area contributed by atoms with Gasteiger partial charge in [0.25, 0.3) is 0 Å². The lowest BCUT2D eigenvalue weighted by molar-refractivity contribution is -0.880. The van der Waals surface area contributed by atoms with E-state index in [9.17, 15) is 0 Å². The van der Waals surface area contributed by atoms with Crippen molar-refractivity contribution in [2.75, 3.05) is 0 Å². The molecule has 3 aliphatic heterocycles. The van der Waals surface area contributed by atoms with Crippen molar-refractivity contribution in [1.29, 1.82) is 0 Å². The van der Waals surface area contributed by atoms with Gasteiger partial charge in [0, 0.05) is 29.7 Å². The second kappa shape index (κ2) is 7.00. The minimum absolute atomic E-state index is 0.0650.